The average molecular weight is 550 g/mol. The molecular formula is C36H24ClN3O. The van der Waals surface area contributed by atoms with Crippen LogP contribution in [-0.2, 0) is 5.41 Å². The van der Waals surface area contributed by atoms with Gasteiger partial charge in [0, 0.05) is 27.3 Å². The van der Waals surface area contributed by atoms with Gasteiger partial charge in [0.15, 0.2) is 11.6 Å². The standard InChI is InChI=1S/C36H24ClN3O/c1-36(2)29-17-7-6-12-24(29)28-20-22(18-19-30(28)36)33-38-34(40-35(37)39-33)27-16-9-15-26-25-14-8-13-23(31(25)41-32(26)27)21-10-4-3-5-11-21/h3-20H,1-2H3. The largest absolute Gasteiger partial charge is 0.455 e. The monoisotopic (exact) mass is 549 g/mol. The molecule has 0 fully saturated rings. The van der Waals surface area contributed by atoms with Gasteiger partial charge in [-0.25, -0.2) is 4.98 Å². The lowest BCUT2D eigenvalue weighted by molar-refractivity contribution is 0.660. The van der Waals surface area contributed by atoms with E-state index in [1.54, 1.807) is 0 Å². The van der Waals surface area contributed by atoms with E-state index in [1.807, 2.05) is 30.3 Å². The third kappa shape index (κ3) is 3.64. The van der Waals surface area contributed by atoms with E-state index in [-0.39, 0.29) is 10.7 Å². The van der Waals surface area contributed by atoms with E-state index in [0.29, 0.717) is 11.6 Å². The molecule has 0 bridgehead atoms. The minimum atomic E-state index is -0.0676. The highest BCUT2D eigenvalue weighted by Gasteiger charge is 2.35. The highest BCUT2D eigenvalue weighted by Crippen LogP contribution is 2.49. The molecule has 0 saturated carbocycles. The van der Waals surface area contributed by atoms with Crippen LogP contribution in [0.2, 0.25) is 5.28 Å². The van der Waals surface area contributed by atoms with Gasteiger partial charge in [-0.05, 0) is 51.6 Å². The van der Waals surface area contributed by atoms with Gasteiger partial charge in [-0.2, -0.15) is 9.97 Å². The Hall–Kier alpha value is -4.80. The molecule has 196 valence electrons. The van der Waals surface area contributed by atoms with Crippen molar-refractivity contribution in [3.05, 3.63) is 126 Å². The van der Waals surface area contributed by atoms with E-state index in [9.17, 15) is 0 Å². The van der Waals surface area contributed by atoms with E-state index in [2.05, 4.69) is 103 Å². The van der Waals surface area contributed by atoms with Gasteiger partial charge in [0.05, 0.1) is 5.56 Å². The Bertz CT molecular complexity index is 2150. The quantitative estimate of drug-likeness (QED) is 0.220. The van der Waals surface area contributed by atoms with Crippen molar-refractivity contribution in [1.29, 1.82) is 0 Å². The predicted octanol–water partition coefficient (Wildman–Crippen LogP) is 9.73. The highest BCUT2D eigenvalue weighted by atomic mass is 35.5. The van der Waals surface area contributed by atoms with Crippen LogP contribution in [0.1, 0.15) is 25.0 Å². The molecule has 5 heteroatoms. The van der Waals surface area contributed by atoms with Gasteiger partial charge in [0.1, 0.15) is 11.2 Å². The zero-order chi connectivity index (χ0) is 27.7. The van der Waals surface area contributed by atoms with Crippen LogP contribution < -0.4 is 0 Å². The Morgan fingerprint density at radius 1 is 0.537 bits per heavy atom. The maximum Gasteiger partial charge on any atom is 0.226 e. The second kappa shape index (κ2) is 8.85. The summed E-state index contributed by atoms with van der Waals surface area (Å²) < 4.78 is 6.59. The maximum atomic E-state index is 6.59. The minimum absolute atomic E-state index is 0.0676. The molecule has 0 N–H and O–H groups in total. The van der Waals surface area contributed by atoms with Gasteiger partial charge in [-0.3, -0.25) is 0 Å². The number of hydrogen-bond donors (Lipinski definition) is 0. The van der Waals surface area contributed by atoms with E-state index < -0.39 is 0 Å². The molecule has 2 aromatic heterocycles. The van der Waals surface area contributed by atoms with Crippen molar-refractivity contribution in [3.63, 3.8) is 0 Å². The van der Waals surface area contributed by atoms with E-state index >= 15 is 0 Å². The average Bonchev–Trinajstić information content (AvgIpc) is 3.50. The molecule has 8 rings (SSSR count). The molecule has 4 nitrogen and oxygen atoms in total. The number of halogens is 1. The highest BCUT2D eigenvalue weighted by molar-refractivity contribution is 6.28. The summed E-state index contributed by atoms with van der Waals surface area (Å²) in [5.74, 6) is 1.01. The lowest BCUT2D eigenvalue weighted by atomic mass is 9.82. The van der Waals surface area contributed by atoms with Gasteiger partial charge in [0.2, 0.25) is 5.28 Å². The zero-order valence-electron chi connectivity index (χ0n) is 22.5. The number of benzene rings is 5. The first kappa shape index (κ1) is 24.0. The van der Waals surface area contributed by atoms with Crippen molar-refractivity contribution in [2.45, 2.75) is 19.3 Å². The summed E-state index contributed by atoms with van der Waals surface area (Å²) in [6.07, 6.45) is 0. The van der Waals surface area contributed by atoms with Crippen LogP contribution in [0.4, 0.5) is 0 Å². The number of rotatable bonds is 3. The normalized spacial score (nSPS) is 13.4. The van der Waals surface area contributed by atoms with Crippen molar-refractivity contribution < 1.29 is 4.42 Å². The van der Waals surface area contributed by atoms with Crippen LogP contribution in [-0.4, -0.2) is 15.0 Å². The molecule has 0 atom stereocenters. The van der Waals surface area contributed by atoms with Crippen LogP contribution in [0, 0.1) is 0 Å². The SMILES string of the molecule is CC1(C)c2ccccc2-c2cc(-c3nc(Cl)nc(-c4cccc5c4oc4c(-c6ccccc6)cccc45)n3)ccc21. The number of hydrogen-bond acceptors (Lipinski definition) is 4. The molecule has 0 spiro atoms. The van der Waals surface area contributed by atoms with Crippen molar-refractivity contribution in [3.8, 4) is 45.0 Å². The second-order valence-electron chi connectivity index (χ2n) is 11.0. The summed E-state index contributed by atoms with van der Waals surface area (Å²) in [6, 6.07) is 37.6. The lowest BCUT2D eigenvalue weighted by Crippen LogP contribution is -2.14. The first-order valence-electron chi connectivity index (χ1n) is 13.7. The Balaban J connectivity index is 1.29. The van der Waals surface area contributed by atoms with E-state index in [1.165, 1.54) is 22.3 Å². The van der Waals surface area contributed by atoms with Gasteiger partial charge >= 0.3 is 0 Å². The molecule has 0 saturated heterocycles. The summed E-state index contributed by atoms with van der Waals surface area (Å²) >= 11 is 6.54. The molecule has 7 aromatic rings. The van der Waals surface area contributed by atoms with Gasteiger partial charge in [-0.1, -0.05) is 111 Å². The third-order valence-electron chi connectivity index (χ3n) is 8.30. The van der Waals surface area contributed by atoms with Crippen LogP contribution in [0.3, 0.4) is 0 Å². The molecule has 0 aliphatic heterocycles. The Labute approximate surface area is 242 Å². The number of para-hydroxylation sites is 2. The fraction of sp³-hybridized carbons (Fsp3) is 0.0833. The van der Waals surface area contributed by atoms with Crippen LogP contribution in [0.15, 0.2) is 114 Å². The van der Waals surface area contributed by atoms with E-state index in [4.69, 9.17) is 21.0 Å². The Kier molecular flexibility index (Phi) is 5.19. The summed E-state index contributed by atoms with van der Waals surface area (Å²) in [4.78, 5) is 14.0. The zero-order valence-corrected chi connectivity index (χ0v) is 23.3. The number of fused-ring (bicyclic) bond motifs is 6. The Morgan fingerprint density at radius 3 is 1.98 bits per heavy atom. The molecule has 2 heterocycles. The molecule has 41 heavy (non-hydrogen) atoms. The summed E-state index contributed by atoms with van der Waals surface area (Å²) in [6.45, 7) is 4.54. The Morgan fingerprint density at radius 2 is 1.17 bits per heavy atom. The topological polar surface area (TPSA) is 51.8 Å². The number of nitrogens with zero attached hydrogens (tertiary/aromatic N) is 3. The molecule has 1 aliphatic carbocycles. The fourth-order valence-corrected chi connectivity index (χ4v) is 6.46. The molecular weight excluding hydrogens is 526 g/mol. The first-order chi connectivity index (χ1) is 20.0. The number of furan rings is 1. The van der Waals surface area contributed by atoms with Crippen LogP contribution in [0.25, 0.3) is 67.0 Å². The summed E-state index contributed by atoms with van der Waals surface area (Å²) in [5.41, 5.74) is 10.4. The van der Waals surface area contributed by atoms with E-state index in [0.717, 1.165) is 44.2 Å². The molecule has 0 radical (unpaired) electrons. The smallest absolute Gasteiger partial charge is 0.226 e. The van der Waals surface area contributed by atoms with Crippen molar-refractivity contribution >= 4 is 33.5 Å². The first-order valence-corrected chi connectivity index (χ1v) is 14.0. The molecule has 1 aliphatic rings. The minimum Gasteiger partial charge on any atom is -0.455 e. The molecule has 0 amide bonds. The van der Waals surface area contributed by atoms with Crippen LogP contribution >= 0.6 is 11.6 Å². The summed E-state index contributed by atoms with van der Waals surface area (Å²) in [5, 5.41) is 2.19. The van der Waals surface area contributed by atoms with Gasteiger partial charge < -0.3 is 4.42 Å². The van der Waals surface area contributed by atoms with Gasteiger partial charge in [0.25, 0.3) is 0 Å². The summed E-state index contributed by atoms with van der Waals surface area (Å²) in [7, 11) is 0. The predicted molar refractivity (Wildman–Crippen MR) is 166 cm³/mol. The maximum absolute atomic E-state index is 6.59. The molecule has 0 unspecified atom stereocenters. The third-order valence-corrected chi connectivity index (χ3v) is 8.47. The fourth-order valence-electron chi connectivity index (χ4n) is 6.30. The molecule has 5 aromatic carbocycles. The van der Waals surface area contributed by atoms with Crippen molar-refractivity contribution in [2.75, 3.05) is 0 Å². The second-order valence-corrected chi connectivity index (χ2v) is 11.4. The van der Waals surface area contributed by atoms with Crippen molar-refractivity contribution in [1.82, 2.24) is 15.0 Å². The lowest BCUT2D eigenvalue weighted by Gasteiger charge is -2.21. The van der Waals surface area contributed by atoms with Gasteiger partial charge in [-0.15, -0.1) is 0 Å². The number of aromatic nitrogens is 3. The van der Waals surface area contributed by atoms with Crippen LogP contribution in [0.5, 0.6) is 0 Å². The van der Waals surface area contributed by atoms with Crippen molar-refractivity contribution in [2.24, 2.45) is 0 Å².